The number of hydrogen-bond donors (Lipinski definition) is 2. The first-order valence-corrected chi connectivity index (χ1v) is 9.62. The van der Waals surface area contributed by atoms with Crippen LogP contribution in [0.3, 0.4) is 0 Å². The third kappa shape index (κ3) is 4.82. The van der Waals surface area contributed by atoms with E-state index in [1.807, 2.05) is 23.6 Å². The van der Waals surface area contributed by atoms with Gasteiger partial charge in [-0.2, -0.15) is 11.3 Å². The van der Waals surface area contributed by atoms with Crippen LogP contribution in [0.2, 0.25) is 0 Å². The highest BCUT2D eigenvalue weighted by Crippen LogP contribution is 2.28. The van der Waals surface area contributed by atoms with E-state index < -0.39 is 0 Å². The van der Waals surface area contributed by atoms with E-state index in [0.717, 1.165) is 24.5 Å². The first-order valence-electron chi connectivity index (χ1n) is 8.68. The molecule has 0 aliphatic carbocycles. The highest BCUT2D eigenvalue weighted by atomic mass is 32.1. The first kappa shape index (κ1) is 17.5. The quantitative estimate of drug-likeness (QED) is 0.832. The van der Waals surface area contributed by atoms with Gasteiger partial charge in [-0.15, -0.1) is 0 Å². The molecule has 3 rings (SSSR count). The number of piperidine rings is 1. The van der Waals surface area contributed by atoms with Crippen molar-refractivity contribution in [2.24, 2.45) is 0 Å². The summed E-state index contributed by atoms with van der Waals surface area (Å²) >= 11 is 1.48. The minimum atomic E-state index is -0.136. The van der Waals surface area contributed by atoms with Crippen LogP contribution in [0.1, 0.15) is 36.0 Å². The third-order valence-electron chi connectivity index (χ3n) is 4.30. The van der Waals surface area contributed by atoms with Crippen molar-refractivity contribution >= 4 is 34.5 Å². The number of rotatable bonds is 6. The molecule has 25 heavy (non-hydrogen) atoms. The van der Waals surface area contributed by atoms with Crippen molar-refractivity contribution in [1.29, 1.82) is 0 Å². The Kier molecular flexibility index (Phi) is 6.06. The lowest BCUT2D eigenvalue weighted by molar-refractivity contribution is -0.116. The van der Waals surface area contributed by atoms with Crippen molar-refractivity contribution in [3.05, 3.63) is 46.7 Å². The van der Waals surface area contributed by atoms with E-state index in [4.69, 9.17) is 0 Å². The monoisotopic (exact) mass is 357 g/mol. The van der Waals surface area contributed by atoms with Gasteiger partial charge in [0, 0.05) is 37.0 Å². The van der Waals surface area contributed by atoms with Gasteiger partial charge >= 0.3 is 0 Å². The van der Waals surface area contributed by atoms with E-state index in [1.54, 1.807) is 11.4 Å². The van der Waals surface area contributed by atoms with Crippen LogP contribution in [0.4, 0.5) is 11.4 Å². The average Bonchev–Trinajstić information content (AvgIpc) is 3.18. The van der Waals surface area contributed by atoms with Crippen molar-refractivity contribution in [3.8, 4) is 0 Å². The number of carbonyl (C=O) groups excluding carboxylic acids is 2. The molecule has 1 saturated heterocycles. The van der Waals surface area contributed by atoms with Crippen LogP contribution in [0, 0.1) is 0 Å². The molecule has 2 N–H and O–H groups in total. The Morgan fingerprint density at radius 2 is 1.88 bits per heavy atom. The molecule has 2 amide bonds. The third-order valence-corrected chi connectivity index (χ3v) is 4.98. The summed E-state index contributed by atoms with van der Waals surface area (Å²) in [7, 11) is 0. The molecule has 0 saturated carbocycles. The number of amides is 2. The number of carbonyl (C=O) groups is 2. The summed E-state index contributed by atoms with van der Waals surface area (Å²) in [5, 5.41) is 9.42. The van der Waals surface area contributed by atoms with Crippen LogP contribution in [-0.4, -0.2) is 31.4 Å². The summed E-state index contributed by atoms with van der Waals surface area (Å²) in [6.07, 6.45) is 3.91. The molecule has 1 aromatic carbocycles. The normalized spacial score (nSPS) is 14.2. The van der Waals surface area contributed by atoms with Crippen LogP contribution >= 0.6 is 11.3 Å². The van der Waals surface area contributed by atoms with Gasteiger partial charge in [0.15, 0.2) is 0 Å². The molecule has 6 heteroatoms. The van der Waals surface area contributed by atoms with Crippen molar-refractivity contribution in [3.63, 3.8) is 0 Å². The zero-order chi connectivity index (χ0) is 17.5. The Balaban J connectivity index is 1.52. The fourth-order valence-electron chi connectivity index (χ4n) is 2.99. The minimum Gasteiger partial charge on any atom is -0.370 e. The van der Waals surface area contributed by atoms with Gasteiger partial charge < -0.3 is 15.5 Å². The highest BCUT2D eigenvalue weighted by Gasteiger charge is 2.15. The Bertz CT molecular complexity index is 709. The molecule has 132 valence electrons. The lowest BCUT2D eigenvalue weighted by Crippen LogP contribution is -2.31. The van der Waals surface area contributed by atoms with Crippen molar-refractivity contribution < 1.29 is 9.59 Å². The maximum absolute atomic E-state index is 12.2. The van der Waals surface area contributed by atoms with Gasteiger partial charge in [-0.05, 0) is 42.8 Å². The summed E-state index contributed by atoms with van der Waals surface area (Å²) in [5.41, 5.74) is 2.57. The van der Waals surface area contributed by atoms with Crippen molar-refractivity contribution in [1.82, 2.24) is 5.32 Å². The fourth-order valence-corrected chi connectivity index (χ4v) is 3.62. The number of nitrogens with zero attached hydrogens (tertiary/aromatic N) is 1. The summed E-state index contributed by atoms with van der Waals surface area (Å²) in [4.78, 5) is 26.4. The first-order chi connectivity index (χ1) is 12.2. The van der Waals surface area contributed by atoms with Crippen molar-refractivity contribution in [2.45, 2.75) is 25.7 Å². The average molecular weight is 357 g/mol. The van der Waals surface area contributed by atoms with Crippen molar-refractivity contribution in [2.75, 3.05) is 29.9 Å². The van der Waals surface area contributed by atoms with Gasteiger partial charge in [-0.1, -0.05) is 12.1 Å². The second kappa shape index (κ2) is 8.67. The molecule has 0 unspecified atom stereocenters. The Morgan fingerprint density at radius 1 is 1.08 bits per heavy atom. The molecule has 0 bridgehead atoms. The number of thiophene rings is 1. The van der Waals surface area contributed by atoms with Crippen LogP contribution in [-0.2, 0) is 4.79 Å². The van der Waals surface area contributed by atoms with E-state index in [1.165, 1.54) is 30.6 Å². The van der Waals surface area contributed by atoms with E-state index in [0.29, 0.717) is 12.1 Å². The Labute approximate surface area is 152 Å². The zero-order valence-electron chi connectivity index (χ0n) is 14.2. The van der Waals surface area contributed by atoms with E-state index in [-0.39, 0.29) is 18.2 Å². The number of hydrogen-bond acceptors (Lipinski definition) is 4. The van der Waals surface area contributed by atoms with Gasteiger partial charge in [0.1, 0.15) is 0 Å². The second-order valence-electron chi connectivity index (χ2n) is 6.13. The second-order valence-corrected chi connectivity index (χ2v) is 6.91. The highest BCUT2D eigenvalue weighted by molar-refractivity contribution is 7.08. The summed E-state index contributed by atoms with van der Waals surface area (Å²) in [5.74, 6) is -0.224. The maximum Gasteiger partial charge on any atom is 0.252 e. The van der Waals surface area contributed by atoms with Gasteiger partial charge in [0.05, 0.1) is 11.4 Å². The summed E-state index contributed by atoms with van der Waals surface area (Å²) in [6.45, 7) is 2.39. The van der Waals surface area contributed by atoms with Gasteiger partial charge in [0.2, 0.25) is 5.91 Å². The molecule has 0 spiro atoms. The Hall–Kier alpha value is -2.34. The predicted octanol–water partition coefficient (Wildman–Crippen LogP) is 3.50. The lowest BCUT2D eigenvalue weighted by atomic mass is 10.1. The molecule has 2 aromatic rings. The fraction of sp³-hybridized carbons (Fsp3) is 0.368. The van der Waals surface area contributed by atoms with Crippen LogP contribution < -0.4 is 15.5 Å². The summed E-state index contributed by atoms with van der Waals surface area (Å²) < 4.78 is 0. The van der Waals surface area contributed by atoms with Crippen LogP contribution in [0.25, 0.3) is 0 Å². The molecule has 5 nitrogen and oxygen atoms in total. The van der Waals surface area contributed by atoms with Gasteiger partial charge in [-0.3, -0.25) is 9.59 Å². The number of anilines is 2. The number of nitrogens with one attached hydrogen (secondary N) is 2. The molecular formula is C19H23N3O2S. The summed E-state index contributed by atoms with van der Waals surface area (Å²) in [6, 6.07) is 9.70. The molecule has 2 heterocycles. The molecule has 1 aliphatic rings. The standard InChI is InChI=1S/C19H23N3O2S/c23-18(8-10-20-19(24)15-9-13-25-14-15)21-16-6-2-3-7-17(16)22-11-4-1-5-12-22/h2-3,6-7,9,13-14H,1,4-5,8,10-12H2,(H,20,24)(H,21,23). The van der Waals surface area contributed by atoms with Crippen LogP contribution in [0.15, 0.2) is 41.1 Å². The molecule has 1 aliphatic heterocycles. The van der Waals surface area contributed by atoms with Crippen LogP contribution in [0.5, 0.6) is 0 Å². The predicted molar refractivity (Wildman–Crippen MR) is 102 cm³/mol. The molecule has 1 aromatic heterocycles. The largest absolute Gasteiger partial charge is 0.370 e. The lowest BCUT2D eigenvalue weighted by Gasteiger charge is -2.30. The van der Waals surface area contributed by atoms with Gasteiger partial charge in [0.25, 0.3) is 5.91 Å². The molecular weight excluding hydrogens is 334 g/mol. The van der Waals surface area contributed by atoms with E-state index in [9.17, 15) is 9.59 Å². The maximum atomic E-state index is 12.2. The number of para-hydroxylation sites is 2. The van der Waals surface area contributed by atoms with E-state index >= 15 is 0 Å². The Morgan fingerprint density at radius 3 is 2.64 bits per heavy atom. The number of benzene rings is 1. The van der Waals surface area contributed by atoms with E-state index in [2.05, 4.69) is 21.6 Å². The molecule has 1 fully saturated rings. The molecule has 0 atom stereocenters. The van der Waals surface area contributed by atoms with Gasteiger partial charge in [-0.25, -0.2) is 0 Å². The smallest absolute Gasteiger partial charge is 0.252 e. The topological polar surface area (TPSA) is 61.4 Å². The molecule has 0 radical (unpaired) electrons. The zero-order valence-corrected chi connectivity index (χ0v) is 15.0. The SMILES string of the molecule is O=C(CCNC(=O)c1ccsc1)Nc1ccccc1N1CCCCC1. The minimum absolute atomic E-state index is 0.0879.